The summed E-state index contributed by atoms with van der Waals surface area (Å²) in [5, 5.41) is 0. The highest BCUT2D eigenvalue weighted by molar-refractivity contribution is 5.21. The Morgan fingerprint density at radius 3 is 3.07 bits per heavy atom. The number of hydrogen-bond donors (Lipinski definition) is 1. The van der Waals surface area contributed by atoms with Gasteiger partial charge in [-0.05, 0) is 18.9 Å². The van der Waals surface area contributed by atoms with Crippen LogP contribution in [0.15, 0.2) is 4.42 Å². The third kappa shape index (κ3) is 2.50. The molecule has 0 saturated carbocycles. The van der Waals surface area contributed by atoms with Crippen LogP contribution >= 0.6 is 0 Å². The summed E-state index contributed by atoms with van der Waals surface area (Å²) in [6, 6.07) is 0.311. The van der Waals surface area contributed by atoms with E-state index in [1.165, 1.54) is 6.42 Å². The molecule has 1 aromatic heterocycles. The lowest BCUT2D eigenvalue weighted by atomic mass is 10.1. The van der Waals surface area contributed by atoms with E-state index in [1.807, 2.05) is 0 Å². The Hall–Kier alpha value is -1.03. The molecule has 2 heterocycles. The average Bonchev–Trinajstić information content (AvgIpc) is 2.53. The smallest absolute Gasteiger partial charge is 0.292 e. The molecule has 0 unspecified atom stereocenters. The number of fused-ring (bicyclic) bond motifs is 1. The number of hydrogen-bond acceptors (Lipinski definition) is 4. The lowest BCUT2D eigenvalue weighted by Gasteiger charge is -2.25. The van der Waals surface area contributed by atoms with E-state index in [9.17, 15) is 0 Å². The maximum absolute atomic E-state index is 5.53. The van der Waals surface area contributed by atoms with Crippen LogP contribution in [0.3, 0.4) is 0 Å². The molecule has 1 aliphatic rings. The topological polar surface area (TPSA) is 55.3 Å². The summed E-state index contributed by atoms with van der Waals surface area (Å²) in [5.41, 5.74) is 6.58. The fourth-order valence-electron chi connectivity index (χ4n) is 1.90. The highest BCUT2D eigenvalue weighted by Crippen LogP contribution is 2.21. The first kappa shape index (κ1) is 10.5. The van der Waals surface area contributed by atoms with E-state index in [2.05, 4.69) is 23.7 Å². The molecule has 15 heavy (non-hydrogen) atoms. The zero-order valence-electron chi connectivity index (χ0n) is 9.49. The van der Waals surface area contributed by atoms with Gasteiger partial charge in [-0.15, -0.1) is 0 Å². The Morgan fingerprint density at radius 1 is 1.53 bits per heavy atom. The first-order valence-electron chi connectivity index (χ1n) is 5.61. The number of nitrogens with zero attached hydrogens (tertiary/aromatic N) is 2. The van der Waals surface area contributed by atoms with Gasteiger partial charge in [0.2, 0.25) is 0 Å². The van der Waals surface area contributed by atoms with E-state index in [1.54, 1.807) is 0 Å². The minimum absolute atomic E-state index is 0.311. The van der Waals surface area contributed by atoms with Crippen LogP contribution in [0.4, 0.5) is 6.01 Å². The number of rotatable bonds is 3. The highest BCUT2D eigenvalue weighted by Gasteiger charge is 2.21. The van der Waals surface area contributed by atoms with Gasteiger partial charge in [-0.1, -0.05) is 13.8 Å². The number of oxazole rings is 1. The van der Waals surface area contributed by atoms with Gasteiger partial charge >= 0.3 is 0 Å². The quantitative estimate of drug-likeness (QED) is 0.822. The maximum atomic E-state index is 5.53. The predicted octanol–water partition coefficient (Wildman–Crippen LogP) is 1.66. The Balaban J connectivity index is 1.93. The third-order valence-electron chi connectivity index (χ3n) is 2.85. The Kier molecular flexibility index (Phi) is 2.95. The Bertz CT molecular complexity index is 333. The molecule has 2 N–H and O–H groups in total. The monoisotopic (exact) mass is 209 g/mol. The van der Waals surface area contributed by atoms with Crippen molar-refractivity contribution in [2.24, 2.45) is 5.92 Å². The van der Waals surface area contributed by atoms with E-state index in [0.29, 0.717) is 6.01 Å². The van der Waals surface area contributed by atoms with Gasteiger partial charge in [0.25, 0.3) is 6.01 Å². The first-order valence-corrected chi connectivity index (χ1v) is 5.61. The highest BCUT2D eigenvalue weighted by atomic mass is 16.4. The third-order valence-corrected chi connectivity index (χ3v) is 2.85. The van der Waals surface area contributed by atoms with E-state index < -0.39 is 0 Å². The van der Waals surface area contributed by atoms with Crippen molar-refractivity contribution in [3.8, 4) is 0 Å². The van der Waals surface area contributed by atoms with Crippen LogP contribution in [-0.4, -0.2) is 23.0 Å². The molecule has 0 radical (unpaired) electrons. The zero-order valence-corrected chi connectivity index (χ0v) is 9.49. The molecule has 1 aromatic rings. The second kappa shape index (κ2) is 4.23. The molecular formula is C11H19N3O. The van der Waals surface area contributed by atoms with E-state index in [0.717, 1.165) is 43.4 Å². The van der Waals surface area contributed by atoms with Gasteiger partial charge in [-0.3, -0.25) is 4.90 Å². The van der Waals surface area contributed by atoms with Crippen LogP contribution in [0, 0.1) is 5.92 Å². The fourth-order valence-corrected chi connectivity index (χ4v) is 1.90. The Morgan fingerprint density at radius 2 is 2.33 bits per heavy atom. The van der Waals surface area contributed by atoms with Crippen molar-refractivity contribution in [3.05, 3.63) is 11.5 Å². The van der Waals surface area contributed by atoms with E-state index in [-0.39, 0.29) is 0 Å². The van der Waals surface area contributed by atoms with Crippen molar-refractivity contribution in [3.63, 3.8) is 0 Å². The van der Waals surface area contributed by atoms with Crippen LogP contribution in [0.5, 0.6) is 0 Å². The molecule has 0 aliphatic carbocycles. The molecule has 2 rings (SSSR count). The summed E-state index contributed by atoms with van der Waals surface area (Å²) < 4.78 is 5.37. The lowest BCUT2D eigenvalue weighted by molar-refractivity contribution is 0.218. The van der Waals surface area contributed by atoms with Gasteiger partial charge in [0.1, 0.15) is 5.76 Å². The van der Waals surface area contributed by atoms with Gasteiger partial charge in [-0.25, -0.2) is 0 Å². The molecule has 1 aliphatic heterocycles. The van der Waals surface area contributed by atoms with E-state index in [4.69, 9.17) is 10.2 Å². The van der Waals surface area contributed by atoms with Crippen molar-refractivity contribution in [2.45, 2.75) is 33.2 Å². The minimum Gasteiger partial charge on any atom is -0.427 e. The largest absolute Gasteiger partial charge is 0.427 e. The molecule has 4 nitrogen and oxygen atoms in total. The summed E-state index contributed by atoms with van der Waals surface area (Å²) in [5.74, 6) is 1.72. The molecule has 4 heteroatoms. The molecule has 0 spiro atoms. The molecule has 0 saturated heterocycles. The van der Waals surface area contributed by atoms with Gasteiger partial charge < -0.3 is 10.2 Å². The number of anilines is 1. The van der Waals surface area contributed by atoms with Crippen molar-refractivity contribution in [2.75, 3.05) is 18.8 Å². The Labute approximate surface area is 90.5 Å². The van der Waals surface area contributed by atoms with Crippen LogP contribution < -0.4 is 5.73 Å². The fraction of sp³-hybridized carbons (Fsp3) is 0.727. The van der Waals surface area contributed by atoms with Crippen molar-refractivity contribution in [1.29, 1.82) is 0 Å². The standard InChI is InChI=1S/C11H19N3O/c1-8(2)3-5-14-6-4-9-10(7-14)15-11(12)13-9/h8H,3-7H2,1-2H3,(H2,12,13). The predicted molar refractivity (Wildman–Crippen MR) is 59.4 cm³/mol. The summed E-state index contributed by atoms with van der Waals surface area (Å²) in [4.78, 5) is 6.58. The lowest BCUT2D eigenvalue weighted by Crippen LogP contribution is -2.31. The van der Waals surface area contributed by atoms with Crippen LogP contribution in [0.2, 0.25) is 0 Å². The normalized spacial score (nSPS) is 17.0. The summed E-state index contributed by atoms with van der Waals surface area (Å²) in [6.45, 7) is 7.58. The van der Waals surface area contributed by atoms with Gasteiger partial charge in [0.05, 0.1) is 12.2 Å². The zero-order chi connectivity index (χ0) is 10.8. The maximum Gasteiger partial charge on any atom is 0.292 e. The second-order valence-corrected chi connectivity index (χ2v) is 4.63. The van der Waals surface area contributed by atoms with Gasteiger partial charge in [0, 0.05) is 13.0 Å². The molecule has 0 atom stereocenters. The van der Waals surface area contributed by atoms with Crippen LogP contribution in [-0.2, 0) is 13.0 Å². The minimum atomic E-state index is 0.311. The molecule has 0 aromatic carbocycles. The van der Waals surface area contributed by atoms with E-state index >= 15 is 0 Å². The van der Waals surface area contributed by atoms with Crippen molar-refractivity contribution < 1.29 is 4.42 Å². The summed E-state index contributed by atoms with van der Waals surface area (Å²) in [6.07, 6.45) is 2.20. The van der Waals surface area contributed by atoms with Gasteiger partial charge in [-0.2, -0.15) is 4.98 Å². The molecule has 0 amide bonds. The summed E-state index contributed by atoms with van der Waals surface area (Å²) in [7, 11) is 0. The summed E-state index contributed by atoms with van der Waals surface area (Å²) >= 11 is 0. The number of nitrogen functional groups attached to an aromatic ring is 1. The average molecular weight is 209 g/mol. The molecule has 84 valence electrons. The van der Waals surface area contributed by atoms with Crippen molar-refractivity contribution in [1.82, 2.24) is 9.88 Å². The molecular weight excluding hydrogens is 190 g/mol. The first-order chi connectivity index (χ1) is 7.15. The number of aromatic nitrogens is 1. The number of nitrogens with two attached hydrogens (primary N) is 1. The van der Waals surface area contributed by atoms with Crippen LogP contribution in [0.1, 0.15) is 31.7 Å². The van der Waals surface area contributed by atoms with Gasteiger partial charge in [0.15, 0.2) is 0 Å². The molecule has 0 fully saturated rings. The second-order valence-electron chi connectivity index (χ2n) is 4.63. The molecule has 0 bridgehead atoms. The SMILES string of the molecule is CC(C)CCN1CCc2nc(N)oc2C1. The van der Waals surface area contributed by atoms with Crippen LogP contribution in [0.25, 0.3) is 0 Å². The van der Waals surface area contributed by atoms with Crippen molar-refractivity contribution >= 4 is 6.01 Å².